The summed E-state index contributed by atoms with van der Waals surface area (Å²) in [7, 11) is 0. The van der Waals surface area contributed by atoms with E-state index in [0.29, 0.717) is 12.1 Å². The fourth-order valence-corrected chi connectivity index (χ4v) is 1.41. The molecule has 0 unspecified atom stereocenters. The molecule has 6 nitrogen and oxygen atoms in total. The number of carboxylic acid groups (broad SMARTS) is 1. The highest BCUT2D eigenvalue weighted by molar-refractivity contribution is 5.90. The summed E-state index contributed by atoms with van der Waals surface area (Å²) in [5, 5.41) is 15.1. The molecule has 0 bridgehead atoms. The SMILES string of the molecule is CCCCCC(=O)Nc1cnn(CC(=O)O)c1. The van der Waals surface area contributed by atoms with Crippen molar-refractivity contribution in [1.29, 1.82) is 0 Å². The number of carboxylic acids is 1. The van der Waals surface area contributed by atoms with Crippen LogP contribution < -0.4 is 5.32 Å². The van der Waals surface area contributed by atoms with E-state index in [9.17, 15) is 9.59 Å². The Kier molecular flexibility index (Phi) is 5.19. The Hall–Kier alpha value is -1.85. The Balaban J connectivity index is 2.38. The molecule has 0 radical (unpaired) electrons. The summed E-state index contributed by atoms with van der Waals surface area (Å²) < 4.78 is 1.27. The van der Waals surface area contributed by atoms with Gasteiger partial charge in [0.2, 0.25) is 5.91 Å². The Morgan fingerprint density at radius 1 is 1.47 bits per heavy atom. The third-order valence-corrected chi connectivity index (χ3v) is 2.22. The fraction of sp³-hybridized carbons (Fsp3) is 0.545. The van der Waals surface area contributed by atoms with Gasteiger partial charge in [0.05, 0.1) is 11.9 Å². The zero-order chi connectivity index (χ0) is 12.7. The third kappa shape index (κ3) is 5.14. The van der Waals surface area contributed by atoms with Crippen molar-refractivity contribution in [2.24, 2.45) is 0 Å². The number of anilines is 1. The first-order valence-corrected chi connectivity index (χ1v) is 5.66. The lowest BCUT2D eigenvalue weighted by Gasteiger charge is -2.01. The number of nitrogens with one attached hydrogen (secondary N) is 1. The minimum Gasteiger partial charge on any atom is -0.480 e. The summed E-state index contributed by atoms with van der Waals surface area (Å²) in [5.41, 5.74) is 0.535. The summed E-state index contributed by atoms with van der Waals surface area (Å²) in [4.78, 5) is 21.9. The van der Waals surface area contributed by atoms with Crippen molar-refractivity contribution in [1.82, 2.24) is 9.78 Å². The number of carbonyl (C=O) groups excluding carboxylic acids is 1. The molecule has 0 saturated heterocycles. The van der Waals surface area contributed by atoms with Crippen LogP contribution in [-0.2, 0) is 16.1 Å². The maximum absolute atomic E-state index is 11.5. The van der Waals surface area contributed by atoms with Crippen molar-refractivity contribution in [3.8, 4) is 0 Å². The number of amides is 1. The van der Waals surface area contributed by atoms with Crippen LogP contribution in [0.4, 0.5) is 5.69 Å². The first-order chi connectivity index (χ1) is 8.11. The van der Waals surface area contributed by atoms with Crippen molar-refractivity contribution in [2.45, 2.75) is 39.2 Å². The minimum absolute atomic E-state index is 0.0617. The van der Waals surface area contributed by atoms with Gasteiger partial charge in [-0.05, 0) is 6.42 Å². The number of carbonyl (C=O) groups is 2. The molecule has 6 heteroatoms. The molecule has 0 fully saturated rings. The van der Waals surface area contributed by atoms with Crippen LogP contribution in [0.15, 0.2) is 12.4 Å². The maximum atomic E-state index is 11.5. The van der Waals surface area contributed by atoms with Crippen LogP contribution in [0.25, 0.3) is 0 Å². The predicted octanol–water partition coefficient (Wildman–Crippen LogP) is 1.49. The van der Waals surface area contributed by atoms with Gasteiger partial charge in [-0.15, -0.1) is 0 Å². The molecule has 0 saturated carbocycles. The van der Waals surface area contributed by atoms with Crippen LogP contribution in [0.5, 0.6) is 0 Å². The number of aliphatic carboxylic acids is 1. The number of rotatable bonds is 7. The molecular weight excluding hydrogens is 222 g/mol. The van der Waals surface area contributed by atoms with Crippen LogP contribution in [0, 0.1) is 0 Å². The molecule has 0 atom stereocenters. The summed E-state index contributed by atoms with van der Waals surface area (Å²) in [6, 6.07) is 0. The number of unbranched alkanes of at least 4 members (excludes halogenated alkanes) is 2. The average Bonchev–Trinajstić information content (AvgIpc) is 2.64. The molecule has 1 rings (SSSR count). The average molecular weight is 239 g/mol. The van der Waals surface area contributed by atoms with Crippen LogP contribution in [0.1, 0.15) is 32.6 Å². The molecule has 1 aromatic rings. The van der Waals surface area contributed by atoms with Crippen molar-refractivity contribution in [3.05, 3.63) is 12.4 Å². The monoisotopic (exact) mass is 239 g/mol. The van der Waals surface area contributed by atoms with E-state index in [1.165, 1.54) is 17.1 Å². The molecular formula is C11H17N3O3. The molecule has 0 aliphatic carbocycles. The molecule has 17 heavy (non-hydrogen) atoms. The van der Waals surface area contributed by atoms with Crippen molar-refractivity contribution in [3.63, 3.8) is 0 Å². The zero-order valence-corrected chi connectivity index (χ0v) is 9.85. The zero-order valence-electron chi connectivity index (χ0n) is 9.85. The van der Waals surface area contributed by atoms with Gasteiger partial charge in [0.25, 0.3) is 0 Å². The number of nitrogens with zero attached hydrogens (tertiary/aromatic N) is 2. The topological polar surface area (TPSA) is 84.2 Å². The van der Waals surface area contributed by atoms with Crippen molar-refractivity contribution in [2.75, 3.05) is 5.32 Å². The number of hydrogen-bond donors (Lipinski definition) is 2. The van der Waals surface area contributed by atoms with Gasteiger partial charge < -0.3 is 10.4 Å². The van der Waals surface area contributed by atoms with Gasteiger partial charge >= 0.3 is 5.97 Å². The first-order valence-electron chi connectivity index (χ1n) is 5.66. The third-order valence-electron chi connectivity index (χ3n) is 2.22. The minimum atomic E-state index is -0.964. The van der Waals surface area contributed by atoms with E-state index in [0.717, 1.165) is 19.3 Å². The van der Waals surface area contributed by atoms with Crippen LogP contribution in [0.2, 0.25) is 0 Å². The van der Waals surface area contributed by atoms with Gasteiger partial charge in [-0.1, -0.05) is 19.8 Å². The summed E-state index contributed by atoms with van der Waals surface area (Å²) >= 11 is 0. The second kappa shape index (κ2) is 6.67. The van der Waals surface area contributed by atoms with E-state index in [1.807, 2.05) is 0 Å². The quantitative estimate of drug-likeness (QED) is 0.706. The highest BCUT2D eigenvalue weighted by Crippen LogP contribution is 2.07. The fourth-order valence-electron chi connectivity index (χ4n) is 1.41. The lowest BCUT2D eigenvalue weighted by atomic mass is 10.2. The molecule has 94 valence electrons. The molecule has 0 aromatic carbocycles. The van der Waals surface area contributed by atoms with E-state index >= 15 is 0 Å². The van der Waals surface area contributed by atoms with Gasteiger partial charge in [0.15, 0.2) is 0 Å². The second-order valence-electron chi connectivity index (χ2n) is 3.83. The number of hydrogen-bond acceptors (Lipinski definition) is 3. The lowest BCUT2D eigenvalue weighted by molar-refractivity contribution is -0.137. The van der Waals surface area contributed by atoms with Crippen LogP contribution in [0.3, 0.4) is 0 Å². The number of aromatic nitrogens is 2. The smallest absolute Gasteiger partial charge is 0.325 e. The van der Waals surface area contributed by atoms with Crippen molar-refractivity contribution < 1.29 is 14.7 Å². The maximum Gasteiger partial charge on any atom is 0.325 e. The van der Waals surface area contributed by atoms with Crippen LogP contribution in [-0.4, -0.2) is 26.8 Å². The van der Waals surface area contributed by atoms with Gasteiger partial charge in [0, 0.05) is 12.6 Å². The Bertz CT molecular complexity index is 387. The molecule has 0 aliphatic heterocycles. The largest absolute Gasteiger partial charge is 0.480 e. The van der Waals surface area contributed by atoms with E-state index in [4.69, 9.17) is 5.11 Å². The second-order valence-corrected chi connectivity index (χ2v) is 3.83. The Morgan fingerprint density at radius 3 is 2.88 bits per heavy atom. The normalized spacial score (nSPS) is 10.2. The molecule has 1 heterocycles. The molecule has 1 aromatic heterocycles. The van der Waals surface area contributed by atoms with Gasteiger partial charge in [-0.25, -0.2) is 0 Å². The summed E-state index contributed by atoms with van der Waals surface area (Å²) in [6.45, 7) is 1.87. The molecule has 1 amide bonds. The Morgan fingerprint density at radius 2 is 2.24 bits per heavy atom. The van der Waals surface area contributed by atoms with E-state index in [-0.39, 0.29) is 12.5 Å². The van der Waals surface area contributed by atoms with Gasteiger partial charge in [-0.2, -0.15) is 5.10 Å². The summed E-state index contributed by atoms with van der Waals surface area (Å²) in [6.07, 6.45) is 6.41. The predicted molar refractivity (Wildman–Crippen MR) is 62.6 cm³/mol. The lowest BCUT2D eigenvalue weighted by Crippen LogP contribution is -2.11. The first kappa shape index (κ1) is 13.2. The highest BCUT2D eigenvalue weighted by atomic mass is 16.4. The van der Waals surface area contributed by atoms with Crippen LogP contribution >= 0.6 is 0 Å². The van der Waals surface area contributed by atoms with Crippen molar-refractivity contribution >= 4 is 17.6 Å². The molecule has 2 N–H and O–H groups in total. The highest BCUT2D eigenvalue weighted by Gasteiger charge is 2.05. The molecule has 0 spiro atoms. The van der Waals surface area contributed by atoms with E-state index in [2.05, 4.69) is 17.3 Å². The molecule has 0 aliphatic rings. The van der Waals surface area contributed by atoms with Gasteiger partial charge in [0.1, 0.15) is 6.54 Å². The van der Waals surface area contributed by atoms with Gasteiger partial charge in [-0.3, -0.25) is 14.3 Å². The Labute approximate surface area is 99.6 Å². The van der Waals surface area contributed by atoms with E-state index < -0.39 is 5.97 Å². The van der Waals surface area contributed by atoms with E-state index in [1.54, 1.807) is 0 Å². The summed E-state index contributed by atoms with van der Waals surface area (Å²) in [5.74, 6) is -1.03. The standard InChI is InChI=1S/C11H17N3O3/c1-2-3-4-5-10(15)13-9-6-12-14(7-9)8-11(16)17/h6-7H,2-5,8H2,1H3,(H,13,15)(H,16,17).